The van der Waals surface area contributed by atoms with Crippen molar-refractivity contribution < 1.29 is 9.66 Å². The molecular weight excluding hydrogens is 292 g/mol. The van der Waals surface area contributed by atoms with Crippen molar-refractivity contribution in [2.24, 2.45) is 5.92 Å². The summed E-state index contributed by atoms with van der Waals surface area (Å²) in [5.41, 5.74) is 2.74. The van der Waals surface area contributed by atoms with Gasteiger partial charge < -0.3 is 10.1 Å². The van der Waals surface area contributed by atoms with E-state index in [4.69, 9.17) is 4.74 Å². The van der Waals surface area contributed by atoms with Crippen LogP contribution in [0.5, 0.6) is 0 Å². The third kappa shape index (κ3) is 3.51. The Labute approximate surface area is 135 Å². The van der Waals surface area contributed by atoms with Gasteiger partial charge in [-0.05, 0) is 30.5 Å². The largest absolute Gasteiger partial charge is 0.379 e. The van der Waals surface area contributed by atoms with Crippen molar-refractivity contribution in [3.05, 3.63) is 69.8 Å². The Kier molecular flexibility index (Phi) is 4.57. The summed E-state index contributed by atoms with van der Waals surface area (Å²) in [7, 11) is 0. The molecule has 1 aliphatic heterocycles. The van der Waals surface area contributed by atoms with Crippen molar-refractivity contribution in [2.45, 2.75) is 19.4 Å². The lowest BCUT2D eigenvalue weighted by molar-refractivity contribution is -0.384. The maximum atomic E-state index is 11.2. The number of anilines is 1. The van der Waals surface area contributed by atoms with Gasteiger partial charge in [-0.1, -0.05) is 36.4 Å². The van der Waals surface area contributed by atoms with Crippen molar-refractivity contribution >= 4 is 11.4 Å². The van der Waals surface area contributed by atoms with E-state index in [2.05, 4.69) is 17.4 Å². The average Bonchev–Trinajstić information content (AvgIpc) is 3.03. The van der Waals surface area contributed by atoms with Gasteiger partial charge in [0, 0.05) is 25.1 Å². The molecule has 5 heteroatoms. The van der Waals surface area contributed by atoms with Gasteiger partial charge in [0.1, 0.15) is 5.69 Å². The van der Waals surface area contributed by atoms with E-state index in [-0.39, 0.29) is 16.7 Å². The standard InChI is InChI=1S/C18H20N2O3/c1-13-7-8-16(17(11-13)20(21)22)19-12-15-9-10-23-18(15)14-5-3-2-4-6-14/h2-8,11,15,18-19H,9-10,12H2,1H3. The Balaban J connectivity index is 1.72. The highest BCUT2D eigenvalue weighted by Gasteiger charge is 2.29. The summed E-state index contributed by atoms with van der Waals surface area (Å²) in [6.07, 6.45) is 1.000. The highest BCUT2D eigenvalue weighted by atomic mass is 16.6. The lowest BCUT2D eigenvalue weighted by Crippen LogP contribution is -2.18. The van der Waals surface area contributed by atoms with Gasteiger partial charge in [0.15, 0.2) is 0 Å². The molecule has 1 fully saturated rings. The van der Waals surface area contributed by atoms with Gasteiger partial charge in [0.25, 0.3) is 5.69 Å². The third-order valence-corrected chi connectivity index (χ3v) is 4.25. The van der Waals surface area contributed by atoms with Gasteiger partial charge in [-0.25, -0.2) is 0 Å². The molecule has 1 heterocycles. The number of ether oxygens (including phenoxy) is 1. The minimum atomic E-state index is -0.338. The van der Waals surface area contributed by atoms with Gasteiger partial charge in [-0.2, -0.15) is 0 Å². The van der Waals surface area contributed by atoms with Crippen LogP contribution in [0.15, 0.2) is 48.5 Å². The van der Waals surface area contributed by atoms with Gasteiger partial charge in [-0.3, -0.25) is 10.1 Å². The normalized spacial score (nSPS) is 20.4. The molecule has 0 aromatic heterocycles. The Morgan fingerprint density at radius 3 is 2.78 bits per heavy atom. The number of rotatable bonds is 5. The molecule has 0 bridgehead atoms. The van der Waals surface area contributed by atoms with Crippen LogP contribution in [-0.4, -0.2) is 18.1 Å². The van der Waals surface area contributed by atoms with Crippen LogP contribution in [0, 0.1) is 23.0 Å². The molecule has 120 valence electrons. The van der Waals surface area contributed by atoms with Crippen molar-refractivity contribution in [1.29, 1.82) is 0 Å². The van der Waals surface area contributed by atoms with Crippen molar-refractivity contribution in [1.82, 2.24) is 0 Å². The zero-order valence-corrected chi connectivity index (χ0v) is 13.1. The molecule has 0 radical (unpaired) electrons. The van der Waals surface area contributed by atoms with E-state index < -0.39 is 0 Å². The zero-order valence-electron chi connectivity index (χ0n) is 13.1. The molecule has 3 rings (SSSR count). The second-order valence-electron chi connectivity index (χ2n) is 5.91. The average molecular weight is 312 g/mol. The summed E-state index contributed by atoms with van der Waals surface area (Å²) in [5.74, 6) is 0.304. The van der Waals surface area contributed by atoms with Gasteiger partial charge in [0.2, 0.25) is 0 Å². The molecule has 23 heavy (non-hydrogen) atoms. The molecule has 2 atom stereocenters. The second-order valence-corrected chi connectivity index (χ2v) is 5.91. The van der Waals surface area contributed by atoms with Crippen LogP contribution in [0.4, 0.5) is 11.4 Å². The maximum Gasteiger partial charge on any atom is 0.292 e. The highest BCUT2D eigenvalue weighted by molar-refractivity contribution is 5.62. The summed E-state index contributed by atoms with van der Waals surface area (Å²) in [5, 5.41) is 14.4. The molecule has 2 unspecified atom stereocenters. The molecule has 2 aromatic rings. The first-order chi connectivity index (χ1) is 11.1. The molecule has 5 nitrogen and oxygen atoms in total. The number of nitro groups is 1. The van der Waals surface area contributed by atoms with Crippen LogP contribution in [-0.2, 0) is 4.74 Å². The van der Waals surface area contributed by atoms with E-state index in [9.17, 15) is 10.1 Å². The Morgan fingerprint density at radius 1 is 1.26 bits per heavy atom. The summed E-state index contributed by atoms with van der Waals surface area (Å²) in [6, 6.07) is 15.4. The number of hydrogen-bond acceptors (Lipinski definition) is 4. The SMILES string of the molecule is Cc1ccc(NCC2CCOC2c2ccccc2)c([N+](=O)[O-])c1. The fourth-order valence-corrected chi connectivity index (χ4v) is 3.04. The molecule has 0 aliphatic carbocycles. The molecule has 0 spiro atoms. The number of nitrogens with zero attached hydrogens (tertiary/aromatic N) is 1. The third-order valence-electron chi connectivity index (χ3n) is 4.25. The molecule has 1 aliphatic rings. The first kappa shape index (κ1) is 15.5. The topological polar surface area (TPSA) is 64.4 Å². The van der Waals surface area contributed by atoms with E-state index in [0.29, 0.717) is 18.2 Å². The van der Waals surface area contributed by atoms with Gasteiger partial charge in [-0.15, -0.1) is 0 Å². The molecule has 1 N–H and O–H groups in total. The Hall–Kier alpha value is -2.40. The van der Waals surface area contributed by atoms with Crippen molar-refractivity contribution in [3.8, 4) is 0 Å². The zero-order chi connectivity index (χ0) is 16.2. The molecule has 2 aromatic carbocycles. The van der Waals surface area contributed by atoms with E-state index in [1.165, 1.54) is 0 Å². The summed E-state index contributed by atoms with van der Waals surface area (Å²) in [6.45, 7) is 3.23. The summed E-state index contributed by atoms with van der Waals surface area (Å²) >= 11 is 0. The number of benzene rings is 2. The summed E-state index contributed by atoms with van der Waals surface area (Å²) in [4.78, 5) is 10.9. The van der Waals surface area contributed by atoms with Gasteiger partial charge >= 0.3 is 0 Å². The second kappa shape index (κ2) is 6.79. The van der Waals surface area contributed by atoms with Gasteiger partial charge in [0.05, 0.1) is 11.0 Å². The van der Waals surface area contributed by atoms with E-state index >= 15 is 0 Å². The molecule has 0 saturated carbocycles. The number of hydrogen-bond donors (Lipinski definition) is 1. The van der Waals surface area contributed by atoms with E-state index in [1.807, 2.05) is 31.2 Å². The van der Waals surface area contributed by atoms with Crippen molar-refractivity contribution in [3.63, 3.8) is 0 Å². The van der Waals surface area contributed by atoms with Crippen molar-refractivity contribution in [2.75, 3.05) is 18.5 Å². The van der Waals surface area contributed by atoms with Crippen LogP contribution in [0.25, 0.3) is 0 Å². The fourth-order valence-electron chi connectivity index (χ4n) is 3.04. The van der Waals surface area contributed by atoms with Crippen LogP contribution >= 0.6 is 0 Å². The molecule has 0 amide bonds. The maximum absolute atomic E-state index is 11.2. The van der Waals surface area contributed by atoms with Crippen LogP contribution in [0.1, 0.15) is 23.7 Å². The van der Waals surface area contributed by atoms with Crippen LogP contribution in [0.3, 0.4) is 0 Å². The Morgan fingerprint density at radius 2 is 2.04 bits per heavy atom. The highest BCUT2D eigenvalue weighted by Crippen LogP contribution is 2.35. The predicted octanol–water partition coefficient (Wildman–Crippen LogP) is 4.09. The monoisotopic (exact) mass is 312 g/mol. The predicted molar refractivity (Wildman–Crippen MR) is 89.6 cm³/mol. The fraction of sp³-hybridized carbons (Fsp3) is 0.333. The number of aryl methyl sites for hydroxylation is 1. The van der Waals surface area contributed by atoms with E-state index in [1.54, 1.807) is 12.1 Å². The number of nitro benzene ring substituents is 1. The molecule has 1 saturated heterocycles. The van der Waals surface area contributed by atoms with E-state index in [0.717, 1.165) is 24.2 Å². The Bertz CT molecular complexity index is 688. The smallest absolute Gasteiger partial charge is 0.292 e. The van der Waals surface area contributed by atoms with Crippen LogP contribution in [0.2, 0.25) is 0 Å². The summed E-state index contributed by atoms with van der Waals surface area (Å²) < 4.78 is 5.86. The first-order valence-electron chi connectivity index (χ1n) is 7.80. The minimum absolute atomic E-state index is 0.0493. The lowest BCUT2D eigenvalue weighted by atomic mass is 9.95. The molecular formula is C18H20N2O3. The minimum Gasteiger partial charge on any atom is -0.379 e. The van der Waals surface area contributed by atoms with Crippen LogP contribution < -0.4 is 5.32 Å². The lowest BCUT2D eigenvalue weighted by Gasteiger charge is -2.20. The first-order valence-corrected chi connectivity index (χ1v) is 7.80. The quantitative estimate of drug-likeness (QED) is 0.667. The number of nitrogens with one attached hydrogen (secondary N) is 1.